The lowest BCUT2D eigenvalue weighted by Gasteiger charge is -2.21. The number of ether oxygens (including phenoxy) is 1. The summed E-state index contributed by atoms with van der Waals surface area (Å²) in [5.74, 6) is 1.20. The summed E-state index contributed by atoms with van der Waals surface area (Å²) in [6, 6.07) is 9.62. The summed E-state index contributed by atoms with van der Waals surface area (Å²) in [7, 11) is 2.11. The van der Waals surface area contributed by atoms with Gasteiger partial charge in [-0.3, -0.25) is 4.79 Å². The predicted molar refractivity (Wildman–Crippen MR) is 123 cm³/mol. The minimum Gasteiger partial charge on any atom is -0.394 e. The van der Waals surface area contributed by atoms with E-state index in [-0.39, 0.29) is 12.2 Å². The van der Waals surface area contributed by atoms with Crippen molar-refractivity contribution in [3.63, 3.8) is 0 Å². The van der Waals surface area contributed by atoms with E-state index in [0.717, 1.165) is 46.1 Å². The summed E-state index contributed by atoms with van der Waals surface area (Å²) >= 11 is 3.21. The maximum absolute atomic E-state index is 13.7. The molecule has 1 aliphatic heterocycles. The number of thiophene rings is 1. The molecule has 5 rings (SSSR count). The van der Waals surface area contributed by atoms with Gasteiger partial charge in [-0.1, -0.05) is 30.0 Å². The van der Waals surface area contributed by atoms with Crippen LogP contribution in [0.15, 0.2) is 40.3 Å². The number of thioether (sulfide) groups is 1. The minimum atomic E-state index is -0.0361. The van der Waals surface area contributed by atoms with Gasteiger partial charge in [0.15, 0.2) is 5.16 Å². The molecule has 0 spiro atoms. The fourth-order valence-electron chi connectivity index (χ4n) is 3.94. The molecule has 0 radical (unpaired) electrons. The number of nitrogens with zero attached hydrogens (tertiary/aromatic N) is 5. The number of rotatable bonds is 7. The summed E-state index contributed by atoms with van der Waals surface area (Å²) in [5, 5.41) is 19.2. The van der Waals surface area contributed by atoms with E-state index in [0.29, 0.717) is 24.7 Å². The highest BCUT2D eigenvalue weighted by atomic mass is 32.2. The van der Waals surface area contributed by atoms with Gasteiger partial charge >= 0.3 is 0 Å². The van der Waals surface area contributed by atoms with Gasteiger partial charge < -0.3 is 14.7 Å². The van der Waals surface area contributed by atoms with Gasteiger partial charge in [0.25, 0.3) is 5.56 Å². The molecule has 31 heavy (non-hydrogen) atoms. The lowest BCUT2D eigenvalue weighted by Crippen LogP contribution is -2.27. The van der Waals surface area contributed by atoms with Gasteiger partial charge in [0.05, 0.1) is 30.9 Å². The average Bonchev–Trinajstić information content (AvgIpc) is 3.35. The second-order valence-electron chi connectivity index (χ2n) is 7.45. The van der Waals surface area contributed by atoms with Gasteiger partial charge in [0.1, 0.15) is 4.83 Å². The Morgan fingerprint density at radius 2 is 2.06 bits per heavy atom. The molecule has 0 fully saturated rings. The maximum atomic E-state index is 13.7. The second-order valence-corrected chi connectivity index (χ2v) is 9.60. The molecule has 162 valence electrons. The highest BCUT2D eigenvalue weighted by Gasteiger charge is 2.26. The first kappa shape index (κ1) is 20.7. The zero-order valence-corrected chi connectivity index (χ0v) is 18.8. The number of aliphatic hydroxyl groups excluding tert-OH is 1. The zero-order valence-electron chi connectivity index (χ0n) is 17.2. The van der Waals surface area contributed by atoms with Crippen molar-refractivity contribution in [2.24, 2.45) is 0 Å². The molecule has 8 nitrogen and oxygen atoms in total. The smallest absolute Gasteiger partial charge is 0.268 e. The van der Waals surface area contributed by atoms with Crippen molar-refractivity contribution < 1.29 is 9.84 Å². The second kappa shape index (κ2) is 8.71. The third-order valence-corrected chi connectivity index (χ3v) is 7.47. The molecule has 1 aromatic carbocycles. The minimum absolute atomic E-state index is 0.0116. The van der Waals surface area contributed by atoms with Crippen LogP contribution < -0.4 is 5.56 Å². The van der Waals surface area contributed by atoms with Gasteiger partial charge in [-0.2, -0.15) is 0 Å². The van der Waals surface area contributed by atoms with Crippen molar-refractivity contribution >= 4 is 39.1 Å². The van der Waals surface area contributed by atoms with Gasteiger partial charge in [-0.05, 0) is 31.2 Å². The van der Waals surface area contributed by atoms with Crippen molar-refractivity contribution in [1.29, 1.82) is 0 Å². The van der Waals surface area contributed by atoms with Crippen LogP contribution in [-0.4, -0.2) is 68.3 Å². The molecule has 0 amide bonds. The molecule has 0 unspecified atom stereocenters. The Hall–Kier alpha value is -2.24. The molecule has 4 heterocycles. The van der Waals surface area contributed by atoms with Gasteiger partial charge in [-0.25, -0.2) is 8.97 Å². The highest BCUT2D eigenvalue weighted by Crippen LogP contribution is 2.35. The number of aromatic nitrogens is 4. The molecule has 3 aromatic heterocycles. The molecule has 1 aliphatic rings. The van der Waals surface area contributed by atoms with Gasteiger partial charge in [0.2, 0.25) is 5.78 Å². The number of benzene rings is 1. The summed E-state index contributed by atoms with van der Waals surface area (Å²) in [6.45, 7) is 2.63. The zero-order chi connectivity index (χ0) is 21.4. The van der Waals surface area contributed by atoms with E-state index in [1.54, 1.807) is 27.7 Å². The molecule has 4 aromatic rings. The average molecular weight is 458 g/mol. The Labute approximate surface area is 187 Å². The lowest BCUT2D eigenvalue weighted by atomic mass is 10.1. The molecule has 0 saturated carbocycles. The molecule has 0 bridgehead atoms. The van der Waals surface area contributed by atoms with Crippen LogP contribution in [0, 0.1) is 0 Å². The molecular weight excluding hydrogens is 434 g/mol. The normalized spacial score (nSPS) is 14.5. The Bertz CT molecular complexity index is 1280. The Morgan fingerprint density at radius 3 is 2.87 bits per heavy atom. The fraction of sp³-hybridized carbons (Fsp3) is 0.381. The van der Waals surface area contributed by atoms with Crippen molar-refractivity contribution in [1.82, 2.24) is 24.1 Å². The van der Waals surface area contributed by atoms with Crippen molar-refractivity contribution in [3.8, 4) is 5.69 Å². The number of para-hydroxylation sites is 1. The van der Waals surface area contributed by atoms with Crippen LogP contribution in [0.2, 0.25) is 0 Å². The third kappa shape index (κ3) is 3.68. The Balaban J connectivity index is 1.71. The third-order valence-electron chi connectivity index (χ3n) is 5.37. The monoisotopic (exact) mass is 457 g/mol. The number of fused-ring (bicyclic) bond motifs is 5. The van der Waals surface area contributed by atoms with Crippen LogP contribution in [0.1, 0.15) is 10.4 Å². The first-order chi connectivity index (χ1) is 15.2. The highest BCUT2D eigenvalue weighted by molar-refractivity contribution is 7.99. The summed E-state index contributed by atoms with van der Waals surface area (Å²) in [5.41, 5.74) is 1.90. The van der Waals surface area contributed by atoms with Gasteiger partial charge in [0, 0.05) is 23.7 Å². The first-order valence-electron chi connectivity index (χ1n) is 10.2. The molecule has 10 heteroatoms. The number of hydrogen-bond acceptors (Lipinski definition) is 8. The number of likely N-dealkylation sites (N-methyl/N-ethyl adjacent to an activating group) is 1. The SMILES string of the molecule is CN1CCc2c(sc3c2c(=O)n(-c2ccccc2)c2nnc(SCCOCCO)n32)C1. The van der Waals surface area contributed by atoms with E-state index in [1.807, 2.05) is 34.7 Å². The summed E-state index contributed by atoms with van der Waals surface area (Å²) < 4.78 is 9.08. The van der Waals surface area contributed by atoms with Crippen molar-refractivity contribution in [3.05, 3.63) is 51.1 Å². The van der Waals surface area contributed by atoms with Crippen LogP contribution in [0.3, 0.4) is 0 Å². The van der Waals surface area contributed by atoms with Crippen molar-refractivity contribution in [2.75, 3.05) is 39.2 Å². The largest absolute Gasteiger partial charge is 0.394 e. The van der Waals surface area contributed by atoms with Crippen LogP contribution in [0.25, 0.3) is 21.7 Å². The topological polar surface area (TPSA) is 84.9 Å². The van der Waals surface area contributed by atoms with E-state index in [4.69, 9.17) is 9.84 Å². The summed E-state index contributed by atoms with van der Waals surface area (Å²) in [6.07, 6.45) is 0.862. The van der Waals surface area contributed by atoms with E-state index < -0.39 is 0 Å². The first-order valence-corrected chi connectivity index (χ1v) is 12.0. The Kier molecular flexibility index (Phi) is 5.81. The van der Waals surface area contributed by atoms with Crippen LogP contribution in [0.5, 0.6) is 0 Å². The predicted octanol–water partition coefficient (Wildman–Crippen LogP) is 2.18. The standard InChI is InChI=1S/C21H23N5O3S2/c1-24-8-7-15-16(13-24)31-19-17(15)18(28)25(14-5-3-2-4-6-14)20-22-23-21(26(19)20)30-12-11-29-10-9-27/h2-6,27H,7-13H2,1H3. The molecule has 0 aliphatic carbocycles. The van der Waals surface area contributed by atoms with E-state index >= 15 is 0 Å². The number of aliphatic hydroxyl groups is 1. The van der Waals surface area contributed by atoms with E-state index in [2.05, 4.69) is 22.1 Å². The van der Waals surface area contributed by atoms with Crippen LogP contribution in [-0.2, 0) is 17.7 Å². The Morgan fingerprint density at radius 1 is 1.23 bits per heavy atom. The maximum Gasteiger partial charge on any atom is 0.268 e. The van der Waals surface area contributed by atoms with Crippen molar-refractivity contribution in [2.45, 2.75) is 18.1 Å². The fourth-order valence-corrected chi connectivity index (χ4v) is 6.20. The van der Waals surface area contributed by atoms with Crippen LogP contribution in [0.4, 0.5) is 0 Å². The lowest BCUT2D eigenvalue weighted by molar-refractivity contribution is 0.103. The van der Waals surface area contributed by atoms with E-state index in [9.17, 15) is 4.79 Å². The molecule has 1 N–H and O–H groups in total. The quantitative estimate of drug-likeness (QED) is 0.336. The molecular formula is C21H23N5O3S2. The van der Waals surface area contributed by atoms with Gasteiger partial charge in [-0.15, -0.1) is 21.5 Å². The summed E-state index contributed by atoms with van der Waals surface area (Å²) in [4.78, 5) is 18.2. The van der Waals surface area contributed by atoms with E-state index in [1.165, 1.54) is 4.88 Å². The molecule has 0 atom stereocenters. The van der Waals surface area contributed by atoms with Crippen LogP contribution >= 0.6 is 23.1 Å². The number of hydrogen-bond donors (Lipinski definition) is 1. The molecule has 0 saturated heterocycles.